The molecule has 0 fully saturated rings. The molecule has 0 saturated heterocycles. The summed E-state index contributed by atoms with van der Waals surface area (Å²) in [4.78, 5) is 12.3. The van der Waals surface area contributed by atoms with Gasteiger partial charge < -0.3 is 14.8 Å². The molecule has 1 atom stereocenters. The molecule has 2 N–H and O–H groups in total. The average Bonchev–Trinajstić information content (AvgIpc) is 2.92. The normalized spacial score (nSPS) is 14.6. The second kappa shape index (κ2) is 8.52. The lowest BCUT2D eigenvalue weighted by Gasteiger charge is -2.13. The molecule has 0 spiro atoms. The number of benzene rings is 2. The fourth-order valence-corrected chi connectivity index (χ4v) is 3.72. The maximum absolute atomic E-state index is 12.8. The zero-order valence-corrected chi connectivity index (χ0v) is 16.7. The maximum atomic E-state index is 12.8. The van der Waals surface area contributed by atoms with Gasteiger partial charge in [-0.3, -0.25) is 9.52 Å². The third-order valence-corrected chi connectivity index (χ3v) is 5.78. The number of fused-ring (bicyclic) bond motifs is 1. The van der Waals surface area contributed by atoms with Crippen molar-refractivity contribution in [1.29, 1.82) is 0 Å². The summed E-state index contributed by atoms with van der Waals surface area (Å²) >= 11 is 0. The Hall–Kier alpha value is -2.74. The molecule has 2 aromatic carbocycles. The highest BCUT2D eigenvalue weighted by molar-refractivity contribution is 7.92. The summed E-state index contributed by atoms with van der Waals surface area (Å²) in [5.41, 5.74) is 0.697. The van der Waals surface area contributed by atoms with Crippen LogP contribution in [0.3, 0.4) is 0 Å². The first-order valence-electron chi connectivity index (χ1n) is 9.22. The van der Waals surface area contributed by atoms with Crippen LogP contribution in [-0.2, 0) is 10.0 Å². The Morgan fingerprint density at radius 1 is 1.11 bits per heavy atom. The Morgan fingerprint density at radius 3 is 2.61 bits per heavy atom. The van der Waals surface area contributed by atoms with Crippen molar-refractivity contribution in [2.24, 2.45) is 0 Å². The number of nitrogens with one attached hydrogen (secondary N) is 2. The zero-order chi connectivity index (χ0) is 20.1. The number of carbonyl (C=O) groups excluding carboxylic acids is 1. The Labute approximate surface area is 165 Å². The molecular weight excluding hydrogens is 380 g/mol. The van der Waals surface area contributed by atoms with Gasteiger partial charge in [0.1, 0.15) is 0 Å². The van der Waals surface area contributed by atoms with E-state index in [1.54, 1.807) is 24.3 Å². The van der Waals surface area contributed by atoms with Crippen LogP contribution in [0.1, 0.15) is 37.0 Å². The van der Waals surface area contributed by atoms with E-state index in [1.165, 1.54) is 18.2 Å². The first-order valence-corrected chi connectivity index (χ1v) is 10.7. The van der Waals surface area contributed by atoms with Crippen molar-refractivity contribution in [2.75, 3.05) is 17.9 Å². The number of ether oxygens (including phenoxy) is 2. The van der Waals surface area contributed by atoms with Crippen LogP contribution < -0.4 is 19.5 Å². The maximum Gasteiger partial charge on any atom is 0.262 e. The molecule has 1 aliphatic rings. The van der Waals surface area contributed by atoms with Gasteiger partial charge in [0, 0.05) is 29.8 Å². The summed E-state index contributed by atoms with van der Waals surface area (Å²) in [6, 6.07) is 10.9. The third kappa shape index (κ3) is 4.75. The van der Waals surface area contributed by atoms with Crippen LogP contribution in [0.2, 0.25) is 0 Å². The Morgan fingerprint density at radius 2 is 1.86 bits per heavy atom. The predicted octanol–water partition coefficient (Wildman–Crippen LogP) is 3.18. The summed E-state index contributed by atoms with van der Waals surface area (Å²) < 4.78 is 39.2. The second-order valence-corrected chi connectivity index (χ2v) is 8.31. The van der Waals surface area contributed by atoms with Crippen LogP contribution in [0.15, 0.2) is 47.4 Å². The summed E-state index contributed by atoms with van der Waals surface area (Å²) in [5.74, 6) is 0.688. The molecule has 0 aliphatic carbocycles. The second-order valence-electron chi connectivity index (χ2n) is 6.63. The largest absolute Gasteiger partial charge is 0.490 e. The standard InChI is InChI=1S/C20H24N2O5S/c1-3-14(2)21-20(23)15-6-4-7-16(12-15)22-28(24,25)17-8-9-18-19(13-17)27-11-5-10-26-18/h4,6-9,12-14,22H,3,5,10-11H2,1-2H3,(H,21,23). The van der Waals surface area contributed by atoms with E-state index < -0.39 is 10.0 Å². The van der Waals surface area contributed by atoms with Crippen molar-refractivity contribution in [3.63, 3.8) is 0 Å². The van der Waals surface area contributed by atoms with Gasteiger partial charge in [-0.25, -0.2) is 8.42 Å². The first-order chi connectivity index (χ1) is 13.4. The number of sulfonamides is 1. The summed E-state index contributed by atoms with van der Waals surface area (Å²) in [6.07, 6.45) is 1.54. The first kappa shape index (κ1) is 20.0. The third-order valence-electron chi connectivity index (χ3n) is 4.40. The van der Waals surface area contributed by atoms with Crippen molar-refractivity contribution in [1.82, 2.24) is 5.32 Å². The van der Waals surface area contributed by atoms with E-state index >= 15 is 0 Å². The van der Waals surface area contributed by atoms with E-state index in [2.05, 4.69) is 10.0 Å². The highest BCUT2D eigenvalue weighted by atomic mass is 32.2. The molecule has 1 amide bonds. The van der Waals surface area contributed by atoms with E-state index in [4.69, 9.17) is 9.47 Å². The minimum Gasteiger partial charge on any atom is -0.490 e. The molecule has 150 valence electrons. The van der Waals surface area contributed by atoms with Crippen molar-refractivity contribution in [3.8, 4) is 11.5 Å². The van der Waals surface area contributed by atoms with Gasteiger partial charge in [0.25, 0.3) is 15.9 Å². The molecule has 7 nitrogen and oxygen atoms in total. The van der Waals surface area contributed by atoms with Gasteiger partial charge in [0.15, 0.2) is 11.5 Å². The average molecular weight is 404 g/mol. The van der Waals surface area contributed by atoms with Crippen LogP contribution in [-0.4, -0.2) is 33.6 Å². The fraction of sp³-hybridized carbons (Fsp3) is 0.350. The smallest absolute Gasteiger partial charge is 0.262 e. The van der Waals surface area contributed by atoms with E-state index in [0.717, 1.165) is 12.8 Å². The number of carbonyl (C=O) groups is 1. The van der Waals surface area contributed by atoms with Gasteiger partial charge in [-0.05, 0) is 43.7 Å². The molecule has 28 heavy (non-hydrogen) atoms. The monoisotopic (exact) mass is 404 g/mol. The molecule has 1 heterocycles. The van der Waals surface area contributed by atoms with Crippen molar-refractivity contribution < 1.29 is 22.7 Å². The Balaban J connectivity index is 1.80. The van der Waals surface area contributed by atoms with Crippen molar-refractivity contribution >= 4 is 21.6 Å². The number of anilines is 1. The van der Waals surface area contributed by atoms with Gasteiger partial charge in [0.2, 0.25) is 0 Å². The van der Waals surface area contributed by atoms with Gasteiger partial charge in [-0.1, -0.05) is 13.0 Å². The quantitative estimate of drug-likeness (QED) is 0.771. The number of amides is 1. The van der Waals surface area contributed by atoms with Crippen molar-refractivity contribution in [2.45, 2.75) is 37.6 Å². The summed E-state index contributed by atoms with van der Waals surface area (Å²) in [5, 5.41) is 2.86. The topological polar surface area (TPSA) is 93.7 Å². The summed E-state index contributed by atoms with van der Waals surface area (Å²) in [7, 11) is -3.85. The van der Waals surface area contributed by atoms with E-state index in [-0.39, 0.29) is 16.8 Å². The lowest BCUT2D eigenvalue weighted by Crippen LogP contribution is -2.31. The number of hydrogen-bond donors (Lipinski definition) is 2. The zero-order valence-electron chi connectivity index (χ0n) is 15.9. The van der Waals surface area contributed by atoms with Gasteiger partial charge in [0.05, 0.1) is 18.1 Å². The van der Waals surface area contributed by atoms with Crippen LogP contribution in [0.25, 0.3) is 0 Å². The SMILES string of the molecule is CCC(C)NC(=O)c1cccc(NS(=O)(=O)c2ccc3c(c2)OCCCO3)c1. The minimum absolute atomic E-state index is 0.0367. The number of rotatable bonds is 6. The van der Waals surface area contributed by atoms with E-state index in [9.17, 15) is 13.2 Å². The van der Waals surface area contributed by atoms with E-state index in [0.29, 0.717) is 36.0 Å². The predicted molar refractivity (Wildman–Crippen MR) is 107 cm³/mol. The molecule has 0 saturated carbocycles. The van der Waals surface area contributed by atoms with Crippen LogP contribution in [0, 0.1) is 0 Å². The van der Waals surface area contributed by atoms with Crippen LogP contribution in [0.4, 0.5) is 5.69 Å². The van der Waals surface area contributed by atoms with Gasteiger partial charge in [-0.2, -0.15) is 0 Å². The minimum atomic E-state index is -3.85. The molecule has 1 aliphatic heterocycles. The molecule has 0 aromatic heterocycles. The fourth-order valence-electron chi connectivity index (χ4n) is 2.66. The van der Waals surface area contributed by atoms with Crippen LogP contribution in [0.5, 0.6) is 11.5 Å². The molecule has 2 aromatic rings. The van der Waals surface area contributed by atoms with Crippen LogP contribution >= 0.6 is 0 Å². The highest BCUT2D eigenvalue weighted by Crippen LogP contribution is 2.32. The molecular formula is C20H24N2O5S. The molecule has 0 bridgehead atoms. The van der Waals surface area contributed by atoms with Crippen molar-refractivity contribution in [3.05, 3.63) is 48.0 Å². The lowest BCUT2D eigenvalue weighted by molar-refractivity contribution is 0.0939. The van der Waals surface area contributed by atoms with Gasteiger partial charge in [-0.15, -0.1) is 0 Å². The molecule has 3 rings (SSSR count). The van der Waals surface area contributed by atoms with E-state index in [1.807, 2.05) is 13.8 Å². The Bertz CT molecular complexity index is 959. The highest BCUT2D eigenvalue weighted by Gasteiger charge is 2.19. The van der Waals surface area contributed by atoms with Gasteiger partial charge >= 0.3 is 0 Å². The number of hydrogen-bond acceptors (Lipinski definition) is 5. The summed E-state index contributed by atoms with van der Waals surface area (Å²) in [6.45, 7) is 4.89. The molecule has 8 heteroatoms. The molecule has 1 unspecified atom stereocenters. The lowest BCUT2D eigenvalue weighted by atomic mass is 10.1. The molecule has 0 radical (unpaired) electrons. The Kier molecular flexibility index (Phi) is 6.08.